The summed E-state index contributed by atoms with van der Waals surface area (Å²) in [6, 6.07) is 7.72. The lowest BCUT2D eigenvalue weighted by Crippen LogP contribution is -2.00. The zero-order valence-electron chi connectivity index (χ0n) is 9.15. The highest BCUT2D eigenvalue weighted by molar-refractivity contribution is 8.00. The van der Waals surface area contributed by atoms with Gasteiger partial charge in [0.2, 0.25) is 0 Å². The van der Waals surface area contributed by atoms with Crippen molar-refractivity contribution in [2.24, 2.45) is 0 Å². The van der Waals surface area contributed by atoms with Gasteiger partial charge in [-0.05, 0) is 25.0 Å². The zero-order chi connectivity index (χ0) is 12.0. The van der Waals surface area contributed by atoms with Crippen LogP contribution in [0.25, 0.3) is 0 Å². The smallest absolute Gasteiger partial charge is 0.303 e. The minimum Gasteiger partial charge on any atom is -0.481 e. The molecule has 0 spiro atoms. The third-order valence-corrected chi connectivity index (χ3v) is 3.86. The van der Waals surface area contributed by atoms with Crippen LogP contribution >= 0.6 is 23.4 Å². The molecule has 1 unspecified atom stereocenters. The van der Waals surface area contributed by atoms with Crippen LogP contribution in [0.15, 0.2) is 29.2 Å². The highest BCUT2D eigenvalue weighted by Gasteiger charge is 2.08. The Morgan fingerprint density at radius 2 is 2.19 bits per heavy atom. The molecule has 0 fully saturated rings. The molecule has 0 aliphatic rings. The number of halogens is 1. The van der Waals surface area contributed by atoms with Crippen LogP contribution in [0.3, 0.4) is 0 Å². The number of rotatable bonds is 6. The van der Waals surface area contributed by atoms with Gasteiger partial charge in [0, 0.05) is 16.6 Å². The first-order valence-corrected chi connectivity index (χ1v) is 6.48. The van der Waals surface area contributed by atoms with E-state index in [1.165, 1.54) is 0 Å². The van der Waals surface area contributed by atoms with Crippen LogP contribution in [-0.4, -0.2) is 16.3 Å². The van der Waals surface area contributed by atoms with Gasteiger partial charge in [-0.2, -0.15) is 0 Å². The summed E-state index contributed by atoms with van der Waals surface area (Å²) in [4.78, 5) is 11.4. The van der Waals surface area contributed by atoms with Crippen molar-refractivity contribution in [1.29, 1.82) is 0 Å². The van der Waals surface area contributed by atoms with Gasteiger partial charge in [0.1, 0.15) is 0 Å². The number of aliphatic carboxylic acids is 1. The molecule has 88 valence electrons. The molecule has 0 radical (unpaired) electrons. The van der Waals surface area contributed by atoms with Gasteiger partial charge in [0.15, 0.2) is 0 Å². The van der Waals surface area contributed by atoms with Gasteiger partial charge in [-0.15, -0.1) is 11.8 Å². The zero-order valence-corrected chi connectivity index (χ0v) is 10.7. The van der Waals surface area contributed by atoms with E-state index in [1.807, 2.05) is 24.3 Å². The van der Waals surface area contributed by atoms with Crippen molar-refractivity contribution in [1.82, 2.24) is 0 Å². The SMILES string of the molecule is CC(CCCC(=O)O)Sc1ccccc1Cl. The lowest BCUT2D eigenvalue weighted by atomic mass is 10.2. The number of carboxylic acid groups (broad SMARTS) is 1. The lowest BCUT2D eigenvalue weighted by molar-refractivity contribution is -0.137. The quantitative estimate of drug-likeness (QED) is 0.782. The fraction of sp³-hybridized carbons (Fsp3) is 0.417. The predicted molar refractivity (Wildman–Crippen MR) is 68.3 cm³/mol. The molecule has 0 aliphatic carbocycles. The Morgan fingerprint density at radius 3 is 2.81 bits per heavy atom. The van der Waals surface area contributed by atoms with Crippen molar-refractivity contribution in [2.75, 3.05) is 0 Å². The first-order chi connectivity index (χ1) is 7.59. The summed E-state index contributed by atoms with van der Waals surface area (Å²) in [5, 5.41) is 9.68. The van der Waals surface area contributed by atoms with Gasteiger partial charge in [0.25, 0.3) is 0 Å². The molecule has 1 atom stereocenters. The van der Waals surface area contributed by atoms with E-state index in [1.54, 1.807) is 11.8 Å². The van der Waals surface area contributed by atoms with E-state index in [9.17, 15) is 4.79 Å². The van der Waals surface area contributed by atoms with Crippen LogP contribution in [0.4, 0.5) is 0 Å². The average molecular weight is 259 g/mol. The minimum absolute atomic E-state index is 0.243. The second kappa shape index (κ2) is 6.81. The molecule has 0 heterocycles. The summed E-state index contributed by atoms with van der Waals surface area (Å²) in [7, 11) is 0. The topological polar surface area (TPSA) is 37.3 Å². The molecular weight excluding hydrogens is 244 g/mol. The molecule has 4 heteroatoms. The van der Waals surface area contributed by atoms with Crippen LogP contribution in [0.5, 0.6) is 0 Å². The molecule has 1 aromatic rings. The second-order valence-corrected chi connectivity index (χ2v) is 5.53. The maximum absolute atomic E-state index is 10.4. The van der Waals surface area contributed by atoms with Crippen LogP contribution in [0.1, 0.15) is 26.2 Å². The largest absolute Gasteiger partial charge is 0.481 e. The number of benzene rings is 1. The molecule has 0 saturated heterocycles. The van der Waals surface area contributed by atoms with E-state index in [0.717, 1.165) is 16.3 Å². The standard InChI is InChI=1S/C12H15ClO2S/c1-9(5-4-8-12(14)15)16-11-7-3-2-6-10(11)13/h2-3,6-7,9H,4-5,8H2,1H3,(H,14,15). The Labute approximate surface area is 105 Å². The number of carbonyl (C=O) groups is 1. The van der Waals surface area contributed by atoms with Crippen LogP contribution in [0.2, 0.25) is 5.02 Å². The number of hydrogen-bond acceptors (Lipinski definition) is 2. The summed E-state index contributed by atoms with van der Waals surface area (Å²) in [6.45, 7) is 2.09. The van der Waals surface area contributed by atoms with Crippen molar-refractivity contribution in [3.05, 3.63) is 29.3 Å². The number of hydrogen-bond donors (Lipinski definition) is 1. The molecule has 2 nitrogen and oxygen atoms in total. The highest BCUT2D eigenvalue weighted by atomic mass is 35.5. The summed E-state index contributed by atoms with van der Waals surface area (Å²) in [6.07, 6.45) is 1.85. The molecule has 0 aliphatic heterocycles. The van der Waals surface area contributed by atoms with E-state index in [2.05, 4.69) is 6.92 Å². The van der Waals surface area contributed by atoms with Crippen LogP contribution < -0.4 is 0 Å². The second-order valence-electron chi connectivity index (χ2n) is 3.64. The van der Waals surface area contributed by atoms with Crippen molar-refractivity contribution in [2.45, 2.75) is 36.3 Å². The summed E-state index contributed by atoms with van der Waals surface area (Å²) >= 11 is 7.73. The van der Waals surface area contributed by atoms with E-state index in [4.69, 9.17) is 16.7 Å². The van der Waals surface area contributed by atoms with Crippen molar-refractivity contribution in [3.63, 3.8) is 0 Å². The molecule has 1 N–H and O–H groups in total. The fourth-order valence-corrected chi connectivity index (χ4v) is 2.68. The first-order valence-electron chi connectivity index (χ1n) is 5.22. The monoisotopic (exact) mass is 258 g/mol. The maximum Gasteiger partial charge on any atom is 0.303 e. The average Bonchev–Trinajstić information content (AvgIpc) is 2.21. The van der Waals surface area contributed by atoms with E-state index in [0.29, 0.717) is 11.7 Å². The van der Waals surface area contributed by atoms with Gasteiger partial charge in [-0.1, -0.05) is 30.7 Å². The third-order valence-electron chi connectivity index (χ3n) is 2.17. The van der Waals surface area contributed by atoms with Crippen molar-refractivity contribution < 1.29 is 9.90 Å². The highest BCUT2D eigenvalue weighted by Crippen LogP contribution is 2.31. The Hall–Kier alpha value is -0.670. The third kappa shape index (κ3) is 4.90. The molecule has 1 aromatic carbocycles. The first kappa shape index (κ1) is 13.4. The molecule has 1 rings (SSSR count). The van der Waals surface area contributed by atoms with Crippen molar-refractivity contribution >= 4 is 29.3 Å². The van der Waals surface area contributed by atoms with Gasteiger partial charge in [-0.25, -0.2) is 0 Å². The van der Waals surface area contributed by atoms with Gasteiger partial charge < -0.3 is 5.11 Å². The molecule has 0 amide bonds. The van der Waals surface area contributed by atoms with Crippen LogP contribution in [-0.2, 0) is 4.79 Å². The molecule has 0 saturated carbocycles. The van der Waals surface area contributed by atoms with E-state index < -0.39 is 5.97 Å². The number of carboxylic acids is 1. The Bertz CT molecular complexity index is 355. The molecule has 0 aromatic heterocycles. The van der Waals surface area contributed by atoms with E-state index in [-0.39, 0.29) is 6.42 Å². The molecule has 16 heavy (non-hydrogen) atoms. The normalized spacial score (nSPS) is 12.4. The Balaban J connectivity index is 2.37. The maximum atomic E-state index is 10.4. The Kier molecular flexibility index (Phi) is 5.71. The summed E-state index contributed by atoms with van der Waals surface area (Å²) in [5.41, 5.74) is 0. The van der Waals surface area contributed by atoms with Gasteiger partial charge >= 0.3 is 5.97 Å². The summed E-state index contributed by atoms with van der Waals surface area (Å²) < 4.78 is 0. The fourth-order valence-electron chi connectivity index (χ4n) is 1.36. The van der Waals surface area contributed by atoms with Crippen LogP contribution in [0, 0.1) is 0 Å². The minimum atomic E-state index is -0.727. The van der Waals surface area contributed by atoms with Gasteiger partial charge in [-0.3, -0.25) is 4.79 Å². The van der Waals surface area contributed by atoms with Gasteiger partial charge in [0.05, 0.1) is 5.02 Å². The van der Waals surface area contributed by atoms with Crippen molar-refractivity contribution in [3.8, 4) is 0 Å². The van der Waals surface area contributed by atoms with E-state index >= 15 is 0 Å². The lowest BCUT2D eigenvalue weighted by Gasteiger charge is -2.11. The molecular formula is C12H15ClO2S. The predicted octanol–water partition coefficient (Wildman–Crippen LogP) is 4.08. The number of thioether (sulfide) groups is 1. The Morgan fingerprint density at radius 1 is 1.50 bits per heavy atom. The molecule has 0 bridgehead atoms. The summed E-state index contributed by atoms with van der Waals surface area (Å²) in [5.74, 6) is -0.727.